The van der Waals surface area contributed by atoms with Gasteiger partial charge in [0.1, 0.15) is 0 Å². The van der Waals surface area contributed by atoms with E-state index >= 15 is 0 Å². The van der Waals surface area contributed by atoms with Crippen molar-refractivity contribution in [1.29, 1.82) is 0 Å². The van der Waals surface area contributed by atoms with E-state index in [4.69, 9.17) is 0 Å². The highest BCUT2D eigenvalue weighted by molar-refractivity contribution is 9.10. The van der Waals surface area contributed by atoms with Crippen LogP contribution in [0.4, 0.5) is 0 Å². The van der Waals surface area contributed by atoms with Gasteiger partial charge in [0.05, 0.1) is 11.0 Å². The molecule has 5 rings (SSSR count). The average Bonchev–Trinajstić information content (AvgIpc) is 3.62. The van der Waals surface area contributed by atoms with Crippen LogP contribution in [-0.4, -0.2) is 9.13 Å². The van der Waals surface area contributed by atoms with E-state index < -0.39 is 0 Å². The van der Waals surface area contributed by atoms with Gasteiger partial charge in [-0.3, -0.25) is 0 Å². The Labute approximate surface area is 346 Å². The lowest BCUT2D eigenvalue weighted by molar-refractivity contribution is 0.365. The Kier molecular flexibility index (Phi) is 18.8. The molecule has 2 atom stereocenters. The first kappa shape index (κ1) is 43.3. The van der Waals surface area contributed by atoms with Gasteiger partial charge in [-0.25, -0.2) is 0 Å². The maximum atomic E-state index is 3.88. The van der Waals surface area contributed by atoms with E-state index in [2.05, 4.69) is 117 Å². The molecule has 2 heterocycles. The van der Waals surface area contributed by atoms with Crippen molar-refractivity contribution in [2.75, 3.05) is 0 Å². The standard InChI is InChI=1S/C50H74Br2N2/c1-5-9-13-17-19-23-27-39(25-21-15-11-7-3)37-53-47-33-41(51)29-31-43(47)45-36-50-46(35-49(45)53)44-32-30-42(52)34-48(44)54(50)38-40(26-22-16-12-8-4)28-24-20-18-14-10-6-2/h29-36,39-40H,5-28,37-38H2,1-4H3/t39-,40+. The van der Waals surface area contributed by atoms with Crippen molar-refractivity contribution < 1.29 is 0 Å². The Bertz CT molecular complexity index is 1700. The summed E-state index contributed by atoms with van der Waals surface area (Å²) >= 11 is 7.76. The molecule has 0 radical (unpaired) electrons. The molecule has 2 aromatic heterocycles. The Morgan fingerprint density at radius 3 is 1.02 bits per heavy atom. The first-order valence-electron chi connectivity index (χ1n) is 22.8. The van der Waals surface area contributed by atoms with Gasteiger partial charge in [-0.2, -0.15) is 0 Å². The number of nitrogens with zero attached hydrogens (tertiary/aromatic N) is 2. The fourth-order valence-electron chi connectivity index (χ4n) is 9.34. The third-order valence-corrected chi connectivity index (χ3v) is 13.5. The predicted molar refractivity (Wildman–Crippen MR) is 248 cm³/mol. The van der Waals surface area contributed by atoms with E-state index in [-0.39, 0.29) is 0 Å². The first-order valence-corrected chi connectivity index (χ1v) is 24.4. The minimum absolute atomic E-state index is 0.717. The maximum absolute atomic E-state index is 3.88. The highest BCUT2D eigenvalue weighted by Crippen LogP contribution is 2.40. The molecule has 0 N–H and O–H groups in total. The number of benzene rings is 3. The van der Waals surface area contributed by atoms with E-state index in [0.717, 1.165) is 13.1 Å². The van der Waals surface area contributed by atoms with Crippen molar-refractivity contribution in [3.63, 3.8) is 0 Å². The predicted octanol–water partition coefficient (Wildman–Crippen LogP) is 18.1. The molecule has 3 aromatic carbocycles. The summed E-state index contributed by atoms with van der Waals surface area (Å²) in [5.74, 6) is 1.43. The number of hydrogen-bond donors (Lipinski definition) is 0. The molecule has 4 heteroatoms. The third-order valence-electron chi connectivity index (χ3n) is 12.5. The molecule has 0 unspecified atom stereocenters. The van der Waals surface area contributed by atoms with Crippen molar-refractivity contribution >= 4 is 75.5 Å². The van der Waals surface area contributed by atoms with Gasteiger partial charge < -0.3 is 9.13 Å². The van der Waals surface area contributed by atoms with Gasteiger partial charge in [-0.1, -0.05) is 200 Å². The number of hydrogen-bond acceptors (Lipinski definition) is 0. The zero-order valence-corrected chi connectivity index (χ0v) is 38.0. The number of unbranched alkanes of at least 4 members (excludes halogenated alkanes) is 16. The largest absolute Gasteiger partial charge is 0.340 e. The second-order valence-electron chi connectivity index (χ2n) is 17.0. The molecule has 0 spiro atoms. The van der Waals surface area contributed by atoms with Crippen molar-refractivity contribution in [1.82, 2.24) is 9.13 Å². The van der Waals surface area contributed by atoms with Crippen LogP contribution in [0, 0.1) is 11.8 Å². The molecular formula is C50H74Br2N2. The smallest absolute Gasteiger partial charge is 0.0502 e. The van der Waals surface area contributed by atoms with E-state index in [0.29, 0.717) is 11.8 Å². The Morgan fingerprint density at radius 1 is 0.370 bits per heavy atom. The number of aromatic nitrogens is 2. The molecule has 0 fully saturated rings. The number of fused-ring (bicyclic) bond motifs is 6. The summed E-state index contributed by atoms with van der Waals surface area (Å²) in [6.07, 6.45) is 32.7. The Morgan fingerprint density at radius 2 is 0.667 bits per heavy atom. The highest BCUT2D eigenvalue weighted by atomic mass is 79.9. The number of halogens is 2. The average molecular weight is 863 g/mol. The Hall–Kier alpha value is -1.78. The van der Waals surface area contributed by atoms with Crippen LogP contribution in [0.25, 0.3) is 43.6 Å². The van der Waals surface area contributed by atoms with Crippen LogP contribution >= 0.6 is 31.9 Å². The summed E-state index contributed by atoms with van der Waals surface area (Å²) in [7, 11) is 0. The van der Waals surface area contributed by atoms with Crippen molar-refractivity contribution in [3.8, 4) is 0 Å². The molecule has 0 saturated heterocycles. The summed E-state index contributed by atoms with van der Waals surface area (Å²) in [4.78, 5) is 0. The minimum atomic E-state index is 0.717. The van der Waals surface area contributed by atoms with Crippen molar-refractivity contribution in [2.24, 2.45) is 11.8 Å². The van der Waals surface area contributed by atoms with Crippen LogP contribution in [-0.2, 0) is 13.1 Å². The lowest BCUT2D eigenvalue weighted by Gasteiger charge is -2.20. The quantitative estimate of drug-likeness (QED) is 0.0444. The summed E-state index contributed by atoms with van der Waals surface area (Å²) in [5, 5.41) is 5.65. The number of rotatable bonds is 28. The first-order chi connectivity index (χ1) is 26.5. The second-order valence-corrected chi connectivity index (χ2v) is 18.8. The van der Waals surface area contributed by atoms with Gasteiger partial charge in [-0.05, 0) is 73.9 Å². The zero-order chi connectivity index (χ0) is 38.1. The molecule has 0 aliphatic rings. The summed E-state index contributed by atoms with van der Waals surface area (Å²) in [5.41, 5.74) is 5.62. The highest BCUT2D eigenvalue weighted by Gasteiger charge is 2.21. The van der Waals surface area contributed by atoms with Crippen LogP contribution in [0.1, 0.15) is 182 Å². The molecule has 0 aliphatic heterocycles. The van der Waals surface area contributed by atoms with Gasteiger partial charge in [0.25, 0.3) is 0 Å². The molecule has 5 aromatic rings. The third kappa shape index (κ3) is 12.1. The summed E-state index contributed by atoms with van der Waals surface area (Å²) in [6, 6.07) is 19.3. The van der Waals surface area contributed by atoms with E-state index in [9.17, 15) is 0 Å². The molecular weight excluding hydrogens is 788 g/mol. The van der Waals surface area contributed by atoms with Crippen LogP contribution in [0.2, 0.25) is 0 Å². The minimum Gasteiger partial charge on any atom is -0.340 e. The molecule has 54 heavy (non-hydrogen) atoms. The van der Waals surface area contributed by atoms with Gasteiger partial charge in [-0.15, -0.1) is 0 Å². The second kappa shape index (κ2) is 23.5. The maximum Gasteiger partial charge on any atom is 0.0502 e. The normalized spacial score (nSPS) is 13.3. The van der Waals surface area contributed by atoms with Gasteiger partial charge in [0, 0.05) is 54.6 Å². The molecule has 298 valence electrons. The van der Waals surface area contributed by atoms with Crippen LogP contribution < -0.4 is 0 Å². The lowest BCUT2D eigenvalue weighted by Crippen LogP contribution is -2.12. The topological polar surface area (TPSA) is 9.86 Å². The molecule has 0 amide bonds. The lowest BCUT2D eigenvalue weighted by atomic mass is 9.94. The van der Waals surface area contributed by atoms with E-state index in [1.807, 2.05) is 0 Å². The molecule has 0 saturated carbocycles. The van der Waals surface area contributed by atoms with Crippen LogP contribution in [0.15, 0.2) is 57.5 Å². The van der Waals surface area contributed by atoms with Crippen LogP contribution in [0.5, 0.6) is 0 Å². The summed E-state index contributed by atoms with van der Waals surface area (Å²) in [6.45, 7) is 11.6. The van der Waals surface area contributed by atoms with Crippen LogP contribution in [0.3, 0.4) is 0 Å². The Balaban J connectivity index is 1.53. The monoisotopic (exact) mass is 860 g/mol. The fraction of sp³-hybridized carbons (Fsp3) is 0.640. The fourth-order valence-corrected chi connectivity index (χ4v) is 10.0. The molecule has 0 bridgehead atoms. The molecule has 2 nitrogen and oxygen atoms in total. The van der Waals surface area contributed by atoms with E-state index in [1.165, 1.54) is 207 Å². The van der Waals surface area contributed by atoms with Gasteiger partial charge in [0.2, 0.25) is 0 Å². The summed E-state index contributed by atoms with van der Waals surface area (Å²) < 4.78 is 7.82. The van der Waals surface area contributed by atoms with Crippen molar-refractivity contribution in [3.05, 3.63) is 57.5 Å². The van der Waals surface area contributed by atoms with Gasteiger partial charge in [0.15, 0.2) is 0 Å². The molecule has 0 aliphatic carbocycles. The van der Waals surface area contributed by atoms with Crippen molar-refractivity contribution in [2.45, 2.75) is 195 Å². The van der Waals surface area contributed by atoms with E-state index in [1.54, 1.807) is 0 Å². The zero-order valence-electron chi connectivity index (χ0n) is 34.8. The SMILES string of the molecule is CCCCCCCC[C@@H](CCCCCC)Cn1c2cc(Br)ccc2c2cc3c(cc21)c1ccc(Br)cc1n3C[C@@H](CCCCCC)CCCCCCCC. The van der Waals surface area contributed by atoms with Gasteiger partial charge >= 0.3 is 0 Å².